The summed E-state index contributed by atoms with van der Waals surface area (Å²) in [4.78, 5) is 12.3. The summed E-state index contributed by atoms with van der Waals surface area (Å²) in [6, 6.07) is 15.4. The lowest BCUT2D eigenvalue weighted by molar-refractivity contribution is -0.118. The van der Waals surface area contributed by atoms with E-state index in [1.165, 1.54) is 5.56 Å². The maximum Gasteiger partial charge on any atom is 0.250 e. The van der Waals surface area contributed by atoms with Crippen molar-refractivity contribution in [2.45, 2.75) is 25.9 Å². The molecule has 0 saturated heterocycles. The molecule has 2 N–H and O–H groups in total. The number of aliphatic hydroxyl groups excluding tert-OH is 1. The predicted octanol–water partition coefficient (Wildman–Crippen LogP) is 3.44. The van der Waals surface area contributed by atoms with E-state index < -0.39 is 6.10 Å². The Bertz CT molecular complexity index is 778. The summed E-state index contributed by atoms with van der Waals surface area (Å²) in [5, 5.41) is 13.1. The Labute approximate surface area is 148 Å². The van der Waals surface area contributed by atoms with E-state index in [9.17, 15) is 9.90 Å². The van der Waals surface area contributed by atoms with Gasteiger partial charge in [-0.2, -0.15) is 0 Å². The Morgan fingerprint density at radius 1 is 1.12 bits per heavy atom. The zero-order valence-electron chi connectivity index (χ0n) is 14.5. The number of hydrogen-bond donors (Lipinski definition) is 2. The van der Waals surface area contributed by atoms with Crippen LogP contribution in [0.15, 0.2) is 54.1 Å². The lowest BCUT2D eigenvalue weighted by atomic mass is 10.00. The van der Waals surface area contributed by atoms with Crippen molar-refractivity contribution in [1.82, 2.24) is 5.32 Å². The van der Waals surface area contributed by atoms with Gasteiger partial charge in [-0.05, 0) is 29.2 Å². The number of carbonyl (C=O) groups is 1. The second-order valence-corrected chi connectivity index (χ2v) is 6.54. The molecule has 0 radical (unpaired) electrons. The number of rotatable bonds is 5. The van der Waals surface area contributed by atoms with Gasteiger partial charge in [0.1, 0.15) is 12.4 Å². The van der Waals surface area contributed by atoms with Crippen LogP contribution in [0.3, 0.4) is 0 Å². The van der Waals surface area contributed by atoms with Crippen molar-refractivity contribution in [3.63, 3.8) is 0 Å². The highest BCUT2D eigenvalue weighted by Gasteiger charge is 2.18. The number of aliphatic hydroxyl groups is 1. The van der Waals surface area contributed by atoms with E-state index in [0.717, 1.165) is 16.9 Å². The molecule has 130 valence electrons. The van der Waals surface area contributed by atoms with E-state index in [-0.39, 0.29) is 19.1 Å². The van der Waals surface area contributed by atoms with Crippen LogP contribution >= 0.6 is 0 Å². The lowest BCUT2D eigenvalue weighted by Gasteiger charge is -2.18. The third kappa shape index (κ3) is 4.09. The fraction of sp³-hybridized carbons (Fsp3) is 0.286. The average molecular weight is 337 g/mol. The normalized spacial score (nSPS) is 14.3. The van der Waals surface area contributed by atoms with Crippen molar-refractivity contribution in [3.05, 3.63) is 70.8 Å². The molecular formula is C21H23NO3. The third-order valence-corrected chi connectivity index (χ3v) is 4.37. The first-order valence-electron chi connectivity index (χ1n) is 8.53. The molecule has 0 fully saturated rings. The van der Waals surface area contributed by atoms with E-state index in [4.69, 9.17) is 4.74 Å². The molecule has 1 aliphatic rings. The van der Waals surface area contributed by atoms with E-state index >= 15 is 0 Å². The number of para-hydroxylation sites is 1. The monoisotopic (exact) mass is 337 g/mol. The van der Waals surface area contributed by atoms with Gasteiger partial charge in [-0.3, -0.25) is 4.79 Å². The Balaban J connectivity index is 1.60. The molecule has 4 heteroatoms. The maximum absolute atomic E-state index is 12.3. The highest BCUT2D eigenvalue weighted by molar-refractivity contribution is 5.99. The number of amides is 1. The summed E-state index contributed by atoms with van der Waals surface area (Å²) < 4.78 is 5.59. The second-order valence-electron chi connectivity index (χ2n) is 6.54. The van der Waals surface area contributed by atoms with Gasteiger partial charge in [0.15, 0.2) is 0 Å². The molecule has 25 heavy (non-hydrogen) atoms. The molecule has 3 rings (SSSR count). The quantitative estimate of drug-likeness (QED) is 0.879. The zero-order chi connectivity index (χ0) is 17.8. The van der Waals surface area contributed by atoms with E-state index in [1.54, 1.807) is 0 Å². The van der Waals surface area contributed by atoms with Gasteiger partial charge in [0, 0.05) is 12.1 Å². The third-order valence-electron chi connectivity index (χ3n) is 4.37. The Morgan fingerprint density at radius 3 is 2.52 bits per heavy atom. The van der Waals surface area contributed by atoms with Crippen LogP contribution in [0.25, 0.3) is 6.08 Å². The largest absolute Gasteiger partial charge is 0.488 e. The van der Waals surface area contributed by atoms with Gasteiger partial charge in [0.2, 0.25) is 0 Å². The van der Waals surface area contributed by atoms with Crippen LogP contribution in [-0.4, -0.2) is 24.2 Å². The van der Waals surface area contributed by atoms with Crippen molar-refractivity contribution >= 4 is 12.0 Å². The number of carbonyl (C=O) groups excluding carboxylic acids is 1. The van der Waals surface area contributed by atoms with Crippen LogP contribution < -0.4 is 10.1 Å². The molecule has 1 aliphatic heterocycles. The van der Waals surface area contributed by atoms with Crippen molar-refractivity contribution < 1.29 is 14.6 Å². The summed E-state index contributed by atoms with van der Waals surface area (Å²) in [5.41, 5.74) is 3.47. The van der Waals surface area contributed by atoms with Crippen LogP contribution in [0.1, 0.15) is 42.6 Å². The van der Waals surface area contributed by atoms with Gasteiger partial charge in [0.05, 0.1) is 11.7 Å². The van der Waals surface area contributed by atoms with Gasteiger partial charge in [-0.15, -0.1) is 0 Å². The molecule has 1 atom stereocenters. The van der Waals surface area contributed by atoms with E-state index in [1.807, 2.05) is 54.6 Å². The molecule has 0 spiro atoms. The predicted molar refractivity (Wildman–Crippen MR) is 98.4 cm³/mol. The van der Waals surface area contributed by atoms with Crippen LogP contribution in [0, 0.1) is 0 Å². The Hall–Kier alpha value is -2.59. The molecule has 1 heterocycles. The molecular weight excluding hydrogens is 314 g/mol. The molecule has 2 aromatic carbocycles. The van der Waals surface area contributed by atoms with Gasteiger partial charge in [-0.1, -0.05) is 56.3 Å². The van der Waals surface area contributed by atoms with Crippen molar-refractivity contribution in [1.29, 1.82) is 0 Å². The van der Waals surface area contributed by atoms with E-state index in [0.29, 0.717) is 11.5 Å². The minimum atomic E-state index is -0.734. The van der Waals surface area contributed by atoms with Crippen molar-refractivity contribution in [2.24, 2.45) is 0 Å². The molecule has 0 aromatic heterocycles. The lowest BCUT2D eigenvalue weighted by Crippen LogP contribution is -2.32. The number of benzene rings is 2. The smallest absolute Gasteiger partial charge is 0.250 e. The summed E-state index contributed by atoms with van der Waals surface area (Å²) in [6.45, 7) is 4.66. The van der Waals surface area contributed by atoms with Crippen LogP contribution in [-0.2, 0) is 4.79 Å². The fourth-order valence-corrected chi connectivity index (χ4v) is 2.77. The Morgan fingerprint density at radius 2 is 1.80 bits per heavy atom. The number of nitrogens with one attached hydrogen (secondary N) is 1. The summed E-state index contributed by atoms with van der Waals surface area (Å²) in [7, 11) is 0. The first-order valence-corrected chi connectivity index (χ1v) is 8.53. The van der Waals surface area contributed by atoms with Gasteiger partial charge in [0.25, 0.3) is 5.91 Å². The standard InChI is InChI=1S/C21H23NO3/c1-14(2)15-7-9-16(10-8-15)19(23)12-22-21(24)18-11-17-5-3-4-6-20(17)25-13-18/h3-11,14,19,23H,12-13H2,1-2H3,(H,22,24). The molecule has 0 aliphatic carbocycles. The van der Waals surface area contributed by atoms with Crippen LogP contribution in [0.2, 0.25) is 0 Å². The molecule has 2 aromatic rings. The molecule has 0 saturated carbocycles. The summed E-state index contributed by atoms with van der Waals surface area (Å²) in [5.74, 6) is 1.02. The first kappa shape index (κ1) is 17.2. The zero-order valence-corrected chi connectivity index (χ0v) is 14.5. The Kier molecular flexibility index (Phi) is 5.19. The number of hydrogen-bond acceptors (Lipinski definition) is 3. The minimum Gasteiger partial charge on any atom is -0.488 e. The summed E-state index contributed by atoms with van der Waals surface area (Å²) in [6.07, 6.45) is 1.10. The highest BCUT2D eigenvalue weighted by atomic mass is 16.5. The molecule has 0 bridgehead atoms. The second kappa shape index (κ2) is 7.53. The highest BCUT2D eigenvalue weighted by Crippen LogP contribution is 2.25. The SMILES string of the molecule is CC(C)c1ccc(C(O)CNC(=O)C2=Cc3ccccc3OC2)cc1. The van der Waals surface area contributed by atoms with Gasteiger partial charge < -0.3 is 15.2 Å². The van der Waals surface area contributed by atoms with Gasteiger partial charge in [-0.25, -0.2) is 0 Å². The number of fused-ring (bicyclic) bond motifs is 1. The van der Waals surface area contributed by atoms with Crippen molar-refractivity contribution in [2.75, 3.05) is 13.2 Å². The first-order chi connectivity index (χ1) is 12.0. The molecule has 1 amide bonds. The molecule has 1 unspecified atom stereocenters. The average Bonchev–Trinajstić information content (AvgIpc) is 2.65. The number of ether oxygens (including phenoxy) is 1. The van der Waals surface area contributed by atoms with Gasteiger partial charge >= 0.3 is 0 Å². The van der Waals surface area contributed by atoms with Crippen molar-refractivity contribution in [3.8, 4) is 5.75 Å². The topological polar surface area (TPSA) is 58.6 Å². The van der Waals surface area contributed by atoms with E-state index in [2.05, 4.69) is 19.2 Å². The maximum atomic E-state index is 12.3. The molecule has 4 nitrogen and oxygen atoms in total. The summed E-state index contributed by atoms with van der Waals surface area (Å²) >= 11 is 0. The van der Waals surface area contributed by atoms with Crippen LogP contribution in [0.5, 0.6) is 5.75 Å². The van der Waals surface area contributed by atoms with Crippen LogP contribution in [0.4, 0.5) is 0 Å². The fourth-order valence-electron chi connectivity index (χ4n) is 2.77. The minimum absolute atomic E-state index is 0.166.